The number of carbonyl (C=O) groups is 1. The molecule has 27 heavy (non-hydrogen) atoms. The van der Waals surface area contributed by atoms with Crippen molar-refractivity contribution >= 4 is 11.6 Å². The molecule has 0 saturated heterocycles. The van der Waals surface area contributed by atoms with Crippen LogP contribution in [0, 0.1) is 0 Å². The molecule has 0 radical (unpaired) electrons. The number of hydrogen-bond donors (Lipinski definition) is 1. The third-order valence-corrected chi connectivity index (χ3v) is 4.27. The number of para-hydroxylation sites is 4. The number of phenols is 1. The van der Waals surface area contributed by atoms with Gasteiger partial charge in [0, 0.05) is 6.20 Å². The third-order valence-electron chi connectivity index (χ3n) is 4.27. The summed E-state index contributed by atoms with van der Waals surface area (Å²) in [5.41, 5.74) is 1.10. The normalized spacial score (nSPS) is 15.2. The van der Waals surface area contributed by atoms with Crippen LogP contribution in [0.4, 0.5) is 5.69 Å². The number of phenolic OH excluding ortho intramolecular Hbond substituents is 1. The Bertz CT molecular complexity index is 946. The third kappa shape index (κ3) is 3.55. The predicted molar refractivity (Wildman–Crippen MR) is 99.9 cm³/mol. The number of hydrogen-bond acceptors (Lipinski definition) is 5. The molecule has 0 aliphatic carbocycles. The smallest absolute Gasteiger partial charge is 0.272 e. The number of anilines is 1. The minimum atomic E-state index is -0.816. The lowest BCUT2D eigenvalue weighted by atomic mass is 10.2. The van der Waals surface area contributed by atoms with Crippen molar-refractivity contribution in [2.75, 3.05) is 11.5 Å². The highest BCUT2D eigenvalue weighted by molar-refractivity contribution is 5.98. The molecule has 4 rings (SSSR count). The fourth-order valence-electron chi connectivity index (χ4n) is 2.94. The maximum Gasteiger partial charge on any atom is 0.272 e. The molecule has 3 aromatic rings. The van der Waals surface area contributed by atoms with Gasteiger partial charge in [-0.25, -0.2) is 0 Å². The highest BCUT2D eigenvalue weighted by Gasteiger charge is 2.33. The zero-order valence-electron chi connectivity index (χ0n) is 14.5. The van der Waals surface area contributed by atoms with Crippen LogP contribution < -0.4 is 14.4 Å². The van der Waals surface area contributed by atoms with Crippen LogP contribution in [0.2, 0.25) is 0 Å². The van der Waals surface area contributed by atoms with Gasteiger partial charge in [-0.05, 0) is 36.4 Å². The molecule has 1 unspecified atom stereocenters. The van der Waals surface area contributed by atoms with E-state index >= 15 is 0 Å². The first-order chi connectivity index (χ1) is 13.2. The highest BCUT2D eigenvalue weighted by atomic mass is 16.6. The average molecular weight is 362 g/mol. The lowest BCUT2D eigenvalue weighted by Crippen LogP contribution is -2.46. The van der Waals surface area contributed by atoms with Crippen molar-refractivity contribution in [1.82, 2.24) is 4.98 Å². The monoisotopic (exact) mass is 362 g/mol. The minimum Gasteiger partial charge on any atom is -0.506 e. The predicted octanol–water partition coefficient (Wildman–Crippen LogP) is 3.16. The van der Waals surface area contributed by atoms with E-state index in [1.165, 1.54) is 4.90 Å². The number of pyridine rings is 1. The van der Waals surface area contributed by atoms with Gasteiger partial charge in [0.05, 0.1) is 17.9 Å². The zero-order chi connectivity index (χ0) is 18.6. The lowest BCUT2D eigenvalue weighted by Gasteiger charge is -2.31. The maximum absolute atomic E-state index is 13.2. The van der Waals surface area contributed by atoms with Crippen molar-refractivity contribution in [2.24, 2.45) is 0 Å². The molecule has 2 heterocycles. The van der Waals surface area contributed by atoms with E-state index in [2.05, 4.69) is 4.98 Å². The Hall–Kier alpha value is -3.54. The number of ether oxygens (including phenoxy) is 2. The Labute approximate surface area is 156 Å². The molecule has 1 aromatic heterocycles. The van der Waals surface area contributed by atoms with Crippen molar-refractivity contribution in [2.45, 2.75) is 12.6 Å². The quantitative estimate of drug-likeness (QED) is 0.772. The van der Waals surface area contributed by atoms with Gasteiger partial charge in [-0.2, -0.15) is 0 Å². The summed E-state index contributed by atoms with van der Waals surface area (Å²) in [6.45, 7) is 0.306. The van der Waals surface area contributed by atoms with Gasteiger partial charge >= 0.3 is 0 Å². The van der Waals surface area contributed by atoms with Gasteiger partial charge in [0.25, 0.3) is 5.91 Å². The van der Waals surface area contributed by atoms with Crippen LogP contribution in [0.15, 0.2) is 72.9 Å². The summed E-state index contributed by atoms with van der Waals surface area (Å²) < 4.78 is 11.5. The van der Waals surface area contributed by atoms with Crippen molar-refractivity contribution in [3.63, 3.8) is 0 Å². The zero-order valence-corrected chi connectivity index (χ0v) is 14.5. The molecular weight excluding hydrogens is 344 g/mol. The Morgan fingerprint density at radius 2 is 1.78 bits per heavy atom. The summed E-state index contributed by atoms with van der Waals surface area (Å²) in [5.74, 6) is 0.841. The summed E-state index contributed by atoms with van der Waals surface area (Å²) in [4.78, 5) is 19.0. The summed E-state index contributed by atoms with van der Waals surface area (Å²) in [7, 11) is 0. The molecule has 0 fully saturated rings. The van der Waals surface area contributed by atoms with Crippen LogP contribution in [-0.2, 0) is 11.3 Å². The van der Waals surface area contributed by atoms with Gasteiger partial charge < -0.3 is 14.6 Å². The molecule has 6 nitrogen and oxygen atoms in total. The Kier molecular flexibility index (Phi) is 4.61. The molecule has 0 spiro atoms. The van der Waals surface area contributed by atoms with Gasteiger partial charge in [0.15, 0.2) is 11.5 Å². The maximum atomic E-state index is 13.2. The number of carbonyl (C=O) groups excluding carboxylic acids is 1. The molecule has 1 amide bonds. The molecule has 1 aliphatic heterocycles. The van der Waals surface area contributed by atoms with E-state index in [1.807, 2.05) is 30.3 Å². The Morgan fingerprint density at radius 1 is 1.04 bits per heavy atom. The van der Waals surface area contributed by atoms with Crippen LogP contribution in [0.25, 0.3) is 0 Å². The Morgan fingerprint density at radius 3 is 2.56 bits per heavy atom. The highest BCUT2D eigenvalue weighted by Crippen LogP contribution is 2.33. The Balaban J connectivity index is 1.64. The summed E-state index contributed by atoms with van der Waals surface area (Å²) >= 11 is 0. The molecule has 1 atom stereocenters. The van der Waals surface area contributed by atoms with Crippen LogP contribution in [0.1, 0.15) is 5.69 Å². The van der Waals surface area contributed by atoms with E-state index in [0.717, 1.165) is 0 Å². The number of benzene rings is 2. The van der Waals surface area contributed by atoms with Crippen LogP contribution in [-0.4, -0.2) is 28.7 Å². The van der Waals surface area contributed by atoms with Crippen LogP contribution >= 0.6 is 0 Å². The van der Waals surface area contributed by atoms with Gasteiger partial charge in [0.2, 0.25) is 6.10 Å². The lowest BCUT2D eigenvalue weighted by molar-refractivity contribution is -0.127. The molecule has 2 aromatic carbocycles. The molecule has 1 aliphatic rings. The number of fused-ring (bicyclic) bond motifs is 1. The number of aromatic nitrogens is 1. The second kappa shape index (κ2) is 7.37. The molecular formula is C21H18N2O4. The fourth-order valence-corrected chi connectivity index (χ4v) is 2.94. The van der Waals surface area contributed by atoms with E-state index in [-0.39, 0.29) is 24.8 Å². The number of rotatable bonds is 4. The molecule has 0 saturated carbocycles. The van der Waals surface area contributed by atoms with E-state index in [1.54, 1.807) is 42.6 Å². The van der Waals surface area contributed by atoms with Crippen LogP contribution in [0.5, 0.6) is 17.2 Å². The van der Waals surface area contributed by atoms with Gasteiger partial charge in [-0.3, -0.25) is 14.7 Å². The summed E-state index contributed by atoms with van der Waals surface area (Å²) in [5, 5.41) is 10.3. The average Bonchev–Trinajstić information content (AvgIpc) is 2.72. The fraction of sp³-hybridized carbons (Fsp3) is 0.143. The van der Waals surface area contributed by atoms with E-state index in [0.29, 0.717) is 22.9 Å². The first kappa shape index (κ1) is 16.9. The van der Waals surface area contributed by atoms with E-state index in [9.17, 15) is 9.90 Å². The first-order valence-electron chi connectivity index (χ1n) is 8.60. The van der Waals surface area contributed by atoms with Gasteiger partial charge in [0.1, 0.15) is 12.4 Å². The van der Waals surface area contributed by atoms with Gasteiger partial charge in [-0.1, -0.05) is 30.3 Å². The first-order valence-corrected chi connectivity index (χ1v) is 8.60. The molecule has 1 N–H and O–H groups in total. The van der Waals surface area contributed by atoms with Crippen molar-refractivity contribution in [3.8, 4) is 17.2 Å². The second-order valence-corrected chi connectivity index (χ2v) is 6.10. The largest absolute Gasteiger partial charge is 0.506 e. The van der Waals surface area contributed by atoms with E-state index in [4.69, 9.17) is 9.47 Å². The number of aromatic hydroxyl groups is 1. The number of amides is 1. The van der Waals surface area contributed by atoms with Crippen molar-refractivity contribution in [3.05, 3.63) is 78.6 Å². The molecule has 6 heteroatoms. The van der Waals surface area contributed by atoms with Crippen molar-refractivity contribution in [1.29, 1.82) is 0 Å². The summed E-state index contributed by atoms with van der Waals surface area (Å²) in [6, 6.07) is 19.4. The van der Waals surface area contributed by atoms with Gasteiger partial charge in [-0.15, -0.1) is 0 Å². The van der Waals surface area contributed by atoms with Crippen LogP contribution in [0.3, 0.4) is 0 Å². The molecule has 0 bridgehead atoms. The molecule has 136 valence electrons. The second-order valence-electron chi connectivity index (χ2n) is 6.10. The van der Waals surface area contributed by atoms with Crippen molar-refractivity contribution < 1.29 is 19.4 Å². The minimum absolute atomic E-state index is 0.0129. The topological polar surface area (TPSA) is 71.9 Å². The van der Waals surface area contributed by atoms with E-state index < -0.39 is 6.10 Å². The standard InChI is InChI=1S/C21H18N2O4/c24-17-9-2-1-8-16(17)23(13-15-7-5-6-12-22-15)21(25)20-14-26-18-10-3-4-11-19(18)27-20/h1-12,20,24H,13-14H2. The SMILES string of the molecule is O=C(C1COc2ccccc2O1)N(Cc1ccccn1)c1ccccc1O. The summed E-state index contributed by atoms with van der Waals surface area (Å²) in [6.07, 6.45) is 0.850. The number of nitrogens with zero attached hydrogens (tertiary/aromatic N) is 2.